The van der Waals surface area contributed by atoms with Crippen LogP contribution in [0.1, 0.15) is 34.2 Å². The number of amides is 2. The van der Waals surface area contributed by atoms with Gasteiger partial charge in [0.2, 0.25) is 0 Å². The molecule has 2 N–H and O–H groups in total. The lowest BCUT2D eigenvalue weighted by molar-refractivity contribution is -0.119. The van der Waals surface area contributed by atoms with Crippen molar-refractivity contribution in [3.63, 3.8) is 0 Å². The molecule has 2 aromatic carbocycles. The predicted molar refractivity (Wildman–Crippen MR) is 115 cm³/mol. The Morgan fingerprint density at radius 2 is 2.13 bits per heavy atom. The van der Waals surface area contributed by atoms with Gasteiger partial charge in [0.25, 0.3) is 11.8 Å². The van der Waals surface area contributed by atoms with Crippen LogP contribution < -0.4 is 15.2 Å². The van der Waals surface area contributed by atoms with Crippen LogP contribution >= 0.6 is 22.9 Å². The molecule has 1 unspecified atom stereocenters. The lowest BCUT2D eigenvalue weighted by Crippen LogP contribution is -2.30. The van der Waals surface area contributed by atoms with Crippen LogP contribution in [-0.2, 0) is 4.79 Å². The van der Waals surface area contributed by atoms with Crippen LogP contribution in [0.25, 0.3) is 10.2 Å². The molecule has 0 spiro atoms. The van der Waals surface area contributed by atoms with Crippen molar-refractivity contribution in [2.45, 2.75) is 18.9 Å². The molecule has 1 aliphatic rings. The molecular weight excluding hydrogens is 426 g/mol. The molecule has 0 aliphatic carbocycles. The van der Waals surface area contributed by atoms with Crippen LogP contribution in [0.5, 0.6) is 11.5 Å². The molecule has 1 atom stereocenters. The second-order valence-electron chi connectivity index (χ2n) is 6.92. The fraction of sp³-hybridized carbons (Fsp3) is 0.286. The largest absolute Gasteiger partial charge is 0.493 e. The molecular formula is C21H20ClN3O4S. The number of primary amides is 1. The molecule has 0 radical (unpaired) electrons. The van der Waals surface area contributed by atoms with Crippen molar-refractivity contribution >= 4 is 45.0 Å². The Labute approximate surface area is 182 Å². The summed E-state index contributed by atoms with van der Waals surface area (Å²) in [5.74, 6) is -0.344. The number of aromatic nitrogens is 1. The number of nitrogens with zero attached hydrogens (tertiary/aromatic N) is 2. The van der Waals surface area contributed by atoms with E-state index in [4.69, 9.17) is 31.8 Å². The maximum Gasteiger partial charge on any atom is 0.255 e. The number of nitrogens with two attached hydrogens (primary N) is 1. The number of thiazole rings is 1. The van der Waals surface area contributed by atoms with E-state index in [1.165, 1.54) is 13.2 Å². The highest BCUT2D eigenvalue weighted by Gasteiger charge is 2.33. The second-order valence-corrected chi connectivity index (χ2v) is 8.39. The van der Waals surface area contributed by atoms with Crippen molar-refractivity contribution in [3.05, 3.63) is 52.0 Å². The van der Waals surface area contributed by atoms with Gasteiger partial charge in [-0.25, -0.2) is 4.98 Å². The third kappa shape index (κ3) is 3.93. The zero-order chi connectivity index (χ0) is 21.3. The Morgan fingerprint density at radius 1 is 1.33 bits per heavy atom. The predicted octanol–water partition coefficient (Wildman–Crippen LogP) is 3.80. The monoisotopic (exact) mass is 445 g/mol. The highest BCUT2D eigenvalue weighted by atomic mass is 35.5. The molecule has 156 valence electrons. The number of carbonyl (C=O) groups excluding carboxylic acids is 2. The van der Waals surface area contributed by atoms with E-state index in [9.17, 15) is 9.59 Å². The lowest BCUT2D eigenvalue weighted by atomic mass is 10.1. The molecule has 1 fully saturated rings. The van der Waals surface area contributed by atoms with E-state index in [-0.39, 0.29) is 35.1 Å². The van der Waals surface area contributed by atoms with Gasteiger partial charge in [-0.1, -0.05) is 23.7 Å². The Kier molecular flexibility index (Phi) is 5.78. The van der Waals surface area contributed by atoms with Crippen molar-refractivity contribution in [2.24, 2.45) is 5.73 Å². The summed E-state index contributed by atoms with van der Waals surface area (Å²) < 4.78 is 11.8. The summed E-state index contributed by atoms with van der Waals surface area (Å²) in [4.78, 5) is 30.9. The standard InChI is InChI=1S/C21H20ClN3O4S/c1-28-16-10-12(9-13(22)19(16)29-11-18(23)26)21(27)25-8-4-6-15(25)20-24-14-5-2-3-7-17(14)30-20/h2-3,5,7,9-10,15H,4,6,8,11H2,1H3,(H2,23,26). The van der Waals surface area contributed by atoms with E-state index < -0.39 is 5.91 Å². The van der Waals surface area contributed by atoms with Gasteiger partial charge in [0.15, 0.2) is 18.1 Å². The van der Waals surface area contributed by atoms with Crippen LogP contribution in [0.4, 0.5) is 0 Å². The number of carbonyl (C=O) groups is 2. The number of ether oxygens (including phenoxy) is 2. The topological polar surface area (TPSA) is 94.8 Å². The van der Waals surface area contributed by atoms with Crippen LogP contribution in [0.15, 0.2) is 36.4 Å². The number of benzene rings is 2. The SMILES string of the molecule is COc1cc(C(=O)N2CCCC2c2nc3ccccc3s2)cc(Cl)c1OCC(N)=O. The summed E-state index contributed by atoms with van der Waals surface area (Å²) in [7, 11) is 1.44. The van der Waals surface area contributed by atoms with Crippen LogP contribution in [0.3, 0.4) is 0 Å². The normalized spacial score (nSPS) is 16.1. The molecule has 1 aliphatic heterocycles. The van der Waals surface area contributed by atoms with Gasteiger partial charge >= 0.3 is 0 Å². The van der Waals surface area contributed by atoms with Crippen LogP contribution in [-0.4, -0.2) is 42.0 Å². The number of hydrogen-bond acceptors (Lipinski definition) is 6. The third-order valence-electron chi connectivity index (χ3n) is 4.94. The maximum absolute atomic E-state index is 13.3. The number of halogens is 1. The average Bonchev–Trinajstić information content (AvgIpc) is 3.38. The van der Waals surface area contributed by atoms with E-state index in [0.717, 1.165) is 28.1 Å². The van der Waals surface area contributed by atoms with E-state index in [2.05, 4.69) is 0 Å². The minimum atomic E-state index is -0.635. The maximum atomic E-state index is 13.3. The van der Waals surface area contributed by atoms with E-state index in [1.54, 1.807) is 17.4 Å². The number of para-hydroxylation sites is 1. The van der Waals surface area contributed by atoms with Gasteiger partial charge in [0.05, 0.1) is 28.4 Å². The molecule has 1 aromatic heterocycles. The van der Waals surface area contributed by atoms with Gasteiger partial charge < -0.3 is 20.1 Å². The van der Waals surface area contributed by atoms with Crippen LogP contribution in [0.2, 0.25) is 5.02 Å². The van der Waals surface area contributed by atoms with Crippen molar-refractivity contribution in [2.75, 3.05) is 20.3 Å². The van der Waals surface area contributed by atoms with Crippen molar-refractivity contribution in [1.29, 1.82) is 0 Å². The van der Waals surface area contributed by atoms with E-state index in [0.29, 0.717) is 12.1 Å². The molecule has 0 bridgehead atoms. The van der Waals surface area contributed by atoms with Gasteiger partial charge in [-0.05, 0) is 37.1 Å². The molecule has 9 heteroatoms. The zero-order valence-corrected chi connectivity index (χ0v) is 17.8. The number of hydrogen-bond donors (Lipinski definition) is 1. The highest BCUT2D eigenvalue weighted by Crippen LogP contribution is 2.40. The second kappa shape index (κ2) is 8.49. The number of likely N-dealkylation sites (tertiary alicyclic amines) is 1. The summed E-state index contributed by atoms with van der Waals surface area (Å²) in [6.45, 7) is 0.300. The van der Waals surface area contributed by atoms with Gasteiger partial charge in [-0.15, -0.1) is 11.3 Å². The van der Waals surface area contributed by atoms with Gasteiger partial charge in [0.1, 0.15) is 5.01 Å². The Morgan fingerprint density at radius 3 is 2.87 bits per heavy atom. The number of fused-ring (bicyclic) bond motifs is 1. The van der Waals surface area contributed by atoms with E-state index >= 15 is 0 Å². The van der Waals surface area contributed by atoms with E-state index in [1.807, 2.05) is 29.2 Å². The third-order valence-corrected chi connectivity index (χ3v) is 6.36. The van der Waals surface area contributed by atoms with Gasteiger partial charge in [-0.2, -0.15) is 0 Å². The first-order chi connectivity index (χ1) is 14.5. The Hall–Kier alpha value is -2.84. The average molecular weight is 446 g/mol. The smallest absolute Gasteiger partial charge is 0.255 e. The van der Waals surface area contributed by atoms with Gasteiger partial charge in [0, 0.05) is 12.1 Å². The van der Waals surface area contributed by atoms with Crippen molar-refractivity contribution in [3.8, 4) is 11.5 Å². The van der Waals surface area contributed by atoms with Crippen LogP contribution in [0, 0.1) is 0 Å². The minimum Gasteiger partial charge on any atom is -0.493 e. The zero-order valence-electron chi connectivity index (χ0n) is 16.3. The summed E-state index contributed by atoms with van der Waals surface area (Å²) in [6.07, 6.45) is 1.76. The summed E-state index contributed by atoms with van der Waals surface area (Å²) in [5, 5.41) is 1.11. The number of methoxy groups -OCH3 is 1. The summed E-state index contributed by atoms with van der Waals surface area (Å²) >= 11 is 7.93. The molecule has 2 amide bonds. The molecule has 2 heterocycles. The molecule has 0 saturated carbocycles. The fourth-order valence-electron chi connectivity index (χ4n) is 3.59. The van der Waals surface area contributed by atoms with Gasteiger partial charge in [-0.3, -0.25) is 9.59 Å². The quantitative estimate of drug-likeness (QED) is 0.622. The minimum absolute atomic E-state index is 0.0783. The lowest BCUT2D eigenvalue weighted by Gasteiger charge is -2.24. The van der Waals surface area contributed by atoms with Crippen molar-refractivity contribution in [1.82, 2.24) is 9.88 Å². The molecule has 7 nitrogen and oxygen atoms in total. The molecule has 30 heavy (non-hydrogen) atoms. The number of rotatable bonds is 6. The molecule has 3 aromatic rings. The molecule has 4 rings (SSSR count). The first-order valence-corrected chi connectivity index (χ1v) is 10.6. The fourth-order valence-corrected chi connectivity index (χ4v) is 4.97. The molecule has 1 saturated heterocycles. The summed E-state index contributed by atoms with van der Waals surface area (Å²) in [6, 6.07) is 11.0. The van der Waals surface area contributed by atoms with Crippen molar-refractivity contribution < 1.29 is 19.1 Å². The highest BCUT2D eigenvalue weighted by molar-refractivity contribution is 7.18. The first-order valence-electron chi connectivity index (χ1n) is 9.43. The Bertz CT molecular complexity index is 1080. The summed E-state index contributed by atoms with van der Waals surface area (Å²) in [5.41, 5.74) is 6.46. The Balaban J connectivity index is 1.62. The first kappa shape index (κ1) is 20.4.